The Hall–Kier alpha value is -0.970. The van der Waals surface area contributed by atoms with Gasteiger partial charge in [-0.1, -0.05) is 12.1 Å². The molecule has 4 heteroatoms. The van der Waals surface area contributed by atoms with Gasteiger partial charge < -0.3 is 14.6 Å². The fraction of sp³-hybridized carbons (Fsp3) is 0.500. The molecule has 1 fully saturated rings. The fourth-order valence-corrected chi connectivity index (χ4v) is 1.72. The average molecular weight is 226 g/mol. The van der Waals surface area contributed by atoms with Gasteiger partial charge in [0.2, 0.25) is 0 Å². The molecule has 0 amide bonds. The molecule has 1 N–H and O–H groups in total. The van der Waals surface area contributed by atoms with Crippen LogP contribution in [-0.2, 0) is 15.9 Å². The molecule has 3 nitrogen and oxygen atoms in total. The first-order chi connectivity index (χ1) is 7.75. The molecule has 1 heterocycles. The maximum absolute atomic E-state index is 12.7. The van der Waals surface area contributed by atoms with E-state index in [0.29, 0.717) is 26.2 Å². The van der Waals surface area contributed by atoms with Crippen LogP contribution >= 0.6 is 0 Å². The number of ether oxygens (including phenoxy) is 2. The Kier molecular flexibility index (Phi) is 3.88. The lowest BCUT2D eigenvalue weighted by atomic mass is 10.0. The second kappa shape index (κ2) is 5.39. The summed E-state index contributed by atoms with van der Waals surface area (Å²) in [5, 5.41) is 9.90. The van der Waals surface area contributed by atoms with Crippen molar-refractivity contribution in [2.24, 2.45) is 0 Å². The van der Waals surface area contributed by atoms with Crippen molar-refractivity contribution >= 4 is 0 Å². The largest absolute Gasteiger partial charge is 0.390 e. The monoisotopic (exact) mass is 226 g/mol. The standard InChI is InChI=1S/C12H15FO3/c13-10-3-1-9(2-4-10)7-11(14)12-8-15-5-6-16-12/h1-4,11-12,14H,5-8H2. The van der Waals surface area contributed by atoms with Crippen LogP contribution in [0.1, 0.15) is 5.56 Å². The van der Waals surface area contributed by atoms with E-state index in [1.807, 2.05) is 0 Å². The summed E-state index contributed by atoms with van der Waals surface area (Å²) in [4.78, 5) is 0. The lowest BCUT2D eigenvalue weighted by molar-refractivity contribution is -0.131. The zero-order valence-electron chi connectivity index (χ0n) is 8.93. The molecule has 0 aliphatic carbocycles. The summed E-state index contributed by atoms with van der Waals surface area (Å²) in [6, 6.07) is 6.12. The van der Waals surface area contributed by atoms with Crippen LogP contribution < -0.4 is 0 Å². The number of aliphatic hydroxyl groups is 1. The highest BCUT2D eigenvalue weighted by atomic mass is 19.1. The normalized spacial score (nSPS) is 23.0. The summed E-state index contributed by atoms with van der Waals surface area (Å²) in [5.41, 5.74) is 0.892. The molecule has 0 aromatic heterocycles. The van der Waals surface area contributed by atoms with Gasteiger partial charge in [0.25, 0.3) is 0 Å². The Labute approximate surface area is 93.8 Å². The van der Waals surface area contributed by atoms with E-state index in [2.05, 4.69) is 0 Å². The SMILES string of the molecule is OC(Cc1ccc(F)cc1)C1COCCO1. The summed E-state index contributed by atoms with van der Waals surface area (Å²) >= 11 is 0. The van der Waals surface area contributed by atoms with Crippen molar-refractivity contribution in [2.75, 3.05) is 19.8 Å². The Balaban J connectivity index is 1.90. The summed E-state index contributed by atoms with van der Waals surface area (Å²) in [6.07, 6.45) is -0.432. The minimum absolute atomic E-state index is 0.268. The van der Waals surface area contributed by atoms with Crippen molar-refractivity contribution in [3.63, 3.8) is 0 Å². The minimum Gasteiger partial charge on any atom is -0.390 e. The molecule has 0 spiro atoms. The van der Waals surface area contributed by atoms with Crippen LogP contribution in [0.2, 0.25) is 0 Å². The Morgan fingerprint density at radius 2 is 2.06 bits per heavy atom. The number of hydrogen-bond acceptors (Lipinski definition) is 3. The van der Waals surface area contributed by atoms with Crippen LogP contribution in [0, 0.1) is 5.82 Å². The van der Waals surface area contributed by atoms with Gasteiger partial charge in [0.05, 0.1) is 25.9 Å². The van der Waals surface area contributed by atoms with Gasteiger partial charge in [-0.2, -0.15) is 0 Å². The van der Waals surface area contributed by atoms with Gasteiger partial charge in [-0.25, -0.2) is 4.39 Å². The van der Waals surface area contributed by atoms with Gasteiger partial charge in [-0.3, -0.25) is 0 Å². The van der Waals surface area contributed by atoms with Gasteiger partial charge in [0.1, 0.15) is 11.9 Å². The number of halogens is 1. The third-order valence-corrected chi connectivity index (χ3v) is 2.63. The first-order valence-electron chi connectivity index (χ1n) is 5.37. The van der Waals surface area contributed by atoms with E-state index in [4.69, 9.17) is 9.47 Å². The Bertz CT molecular complexity index is 320. The van der Waals surface area contributed by atoms with Crippen molar-refractivity contribution in [1.29, 1.82) is 0 Å². The second-order valence-corrected chi connectivity index (χ2v) is 3.88. The molecule has 1 aromatic carbocycles. The first kappa shape index (κ1) is 11.5. The van der Waals surface area contributed by atoms with E-state index < -0.39 is 6.10 Å². The molecule has 88 valence electrons. The molecule has 1 aromatic rings. The van der Waals surface area contributed by atoms with E-state index >= 15 is 0 Å². The highest BCUT2D eigenvalue weighted by molar-refractivity contribution is 5.17. The van der Waals surface area contributed by atoms with Crippen molar-refractivity contribution in [3.05, 3.63) is 35.6 Å². The summed E-state index contributed by atoms with van der Waals surface area (Å²) in [7, 11) is 0. The molecule has 2 rings (SSSR count). The lowest BCUT2D eigenvalue weighted by Gasteiger charge is -2.27. The molecule has 1 aliphatic heterocycles. The predicted octanol–water partition coefficient (Wildman–Crippen LogP) is 1.14. The molecule has 1 saturated heterocycles. The third kappa shape index (κ3) is 3.01. The maximum atomic E-state index is 12.7. The molecular formula is C12H15FO3. The smallest absolute Gasteiger partial charge is 0.123 e. The third-order valence-electron chi connectivity index (χ3n) is 2.63. The van der Waals surface area contributed by atoms with E-state index in [1.54, 1.807) is 12.1 Å². The van der Waals surface area contributed by atoms with Gasteiger partial charge in [-0.05, 0) is 17.7 Å². The van der Waals surface area contributed by atoms with E-state index in [0.717, 1.165) is 5.56 Å². The summed E-state index contributed by atoms with van der Waals surface area (Å²) < 4.78 is 23.3. The fourth-order valence-electron chi connectivity index (χ4n) is 1.72. The molecule has 1 aliphatic rings. The van der Waals surface area contributed by atoms with Gasteiger partial charge in [-0.15, -0.1) is 0 Å². The van der Waals surface area contributed by atoms with Crippen molar-refractivity contribution < 1.29 is 19.0 Å². The van der Waals surface area contributed by atoms with E-state index in [9.17, 15) is 9.50 Å². The maximum Gasteiger partial charge on any atom is 0.123 e. The average Bonchev–Trinajstić information content (AvgIpc) is 2.33. The van der Waals surface area contributed by atoms with Crippen LogP contribution in [0.15, 0.2) is 24.3 Å². The number of aliphatic hydroxyl groups excluding tert-OH is 1. The molecule has 0 saturated carbocycles. The van der Waals surface area contributed by atoms with Gasteiger partial charge in [0, 0.05) is 6.42 Å². The highest BCUT2D eigenvalue weighted by Crippen LogP contribution is 2.12. The zero-order chi connectivity index (χ0) is 11.4. The Morgan fingerprint density at radius 1 is 1.31 bits per heavy atom. The van der Waals surface area contributed by atoms with Crippen molar-refractivity contribution in [1.82, 2.24) is 0 Å². The second-order valence-electron chi connectivity index (χ2n) is 3.88. The lowest BCUT2D eigenvalue weighted by Crippen LogP contribution is -2.39. The van der Waals surface area contributed by atoms with Gasteiger partial charge in [0.15, 0.2) is 0 Å². The van der Waals surface area contributed by atoms with Crippen molar-refractivity contribution in [3.8, 4) is 0 Å². The van der Waals surface area contributed by atoms with Crippen LogP contribution in [-0.4, -0.2) is 37.1 Å². The van der Waals surface area contributed by atoms with E-state index in [-0.39, 0.29) is 11.9 Å². The van der Waals surface area contributed by atoms with Crippen molar-refractivity contribution in [2.45, 2.75) is 18.6 Å². The van der Waals surface area contributed by atoms with E-state index in [1.165, 1.54) is 12.1 Å². The molecular weight excluding hydrogens is 211 g/mol. The topological polar surface area (TPSA) is 38.7 Å². The molecule has 2 atom stereocenters. The first-order valence-corrected chi connectivity index (χ1v) is 5.37. The number of rotatable bonds is 3. The molecule has 16 heavy (non-hydrogen) atoms. The van der Waals surface area contributed by atoms with Crippen LogP contribution in [0.4, 0.5) is 4.39 Å². The quantitative estimate of drug-likeness (QED) is 0.840. The molecule has 0 radical (unpaired) electrons. The summed E-state index contributed by atoms with van der Waals surface area (Å²) in [5.74, 6) is -0.268. The van der Waals surface area contributed by atoms with Crippen LogP contribution in [0.25, 0.3) is 0 Å². The van der Waals surface area contributed by atoms with Crippen LogP contribution in [0.5, 0.6) is 0 Å². The predicted molar refractivity (Wildman–Crippen MR) is 56.7 cm³/mol. The highest BCUT2D eigenvalue weighted by Gasteiger charge is 2.23. The minimum atomic E-state index is -0.606. The zero-order valence-corrected chi connectivity index (χ0v) is 8.93. The van der Waals surface area contributed by atoms with Gasteiger partial charge >= 0.3 is 0 Å². The molecule has 2 unspecified atom stereocenters. The number of benzene rings is 1. The molecule has 0 bridgehead atoms. The van der Waals surface area contributed by atoms with Crippen LogP contribution in [0.3, 0.4) is 0 Å². The number of hydrogen-bond donors (Lipinski definition) is 1. The summed E-state index contributed by atoms with van der Waals surface area (Å²) in [6.45, 7) is 1.52. The Morgan fingerprint density at radius 3 is 2.69 bits per heavy atom.